The molecule has 2 heteroatoms. The van der Waals surface area contributed by atoms with Crippen LogP contribution in [0.5, 0.6) is 0 Å². The second-order valence-electron chi connectivity index (χ2n) is 4.85. The number of aryl methyl sites for hydroxylation is 2. The Labute approximate surface area is 119 Å². The molecule has 0 radical (unpaired) electrons. The van der Waals surface area contributed by atoms with Crippen molar-refractivity contribution in [3.05, 3.63) is 72.2 Å². The lowest BCUT2D eigenvalue weighted by Gasteiger charge is -2.11. The van der Waals surface area contributed by atoms with Crippen molar-refractivity contribution in [2.75, 3.05) is 0 Å². The predicted octanol–water partition coefficient (Wildman–Crippen LogP) is 4.43. The fourth-order valence-electron chi connectivity index (χ4n) is 2.41. The summed E-state index contributed by atoms with van der Waals surface area (Å²) in [4.78, 5) is 9.12. The van der Waals surface area contributed by atoms with E-state index in [2.05, 4.69) is 34.2 Å². The van der Waals surface area contributed by atoms with Crippen LogP contribution in [0.15, 0.2) is 60.8 Å². The second kappa shape index (κ2) is 5.25. The molecule has 20 heavy (non-hydrogen) atoms. The van der Waals surface area contributed by atoms with Crippen molar-refractivity contribution in [1.82, 2.24) is 9.97 Å². The minimum Gasteiger partial charge on any atom is -0.258 e. The zero-order valence-corrected chi connectivity index (χ0v) is 11.7. The van der Waals surface area contributed by atoms with Gasteiger partial charge in [-0.15, -0.1) is 0 Å². The van der Waals surface area contributed by atoms with E-state index in [1.54, 1.807) is 0 Å². The quantitative estimate of drug-likeness (QED) is 0.681. The molecule has 2 aromatic heterocycles. The van der Waals surface area contributed by atoms with Crippen LogP contribution >= 0.6 is 0 Å². The lowest BCUT2D eigenvalue weighted by molar-refractivity contribution is 1.12. The van der Waals surface area contributed by atoms with Crippen molar-refractivity contribution >= 4 is 0 Å². The first-order chi connectivity index (χ1) is 9.75. The molecule has 0 N–H and O–H groups in total. The molecule has 0 unspecified atom stereocenters. The van der Waals surface area contributed by atoms with Crippen molar-refractivity contribution in [2.45, 2.75) is 13.8 Å². The van der Waals surface area contributed by atoms with E-state index >= 15 is 0 Å². The molecule has 0 fully saturated rings. The number of benzene rings is 1. The summed E-state index contributed by atoms with van der Waals surface area (Å²) in [5.74, 6) is 0. The van der Waals surface area contributed by atoms with E-state index in [4.69, 9.17) is 0 Å². The average molecular weight is 260 g/mol. The van der Waals surface area contributed by atoms with Crippen LogP contribution in [0.3, 0.4) is 0 Å². The number of aromatic nitrogens is 2. The number of rotatable bonds is 2. The van der Waals surface area contributed by atoms with Gasteiger partial charge in [0.2, 0.25) is 0 Å². The van der Waals surface area contributed by atoms with E-state index in [0.717, 1.165) is 28.2 Å². The van der Waals surface area contributed by atoms with Gasteiger partial charge in [-0.3, -0.25) is 9.97 Å². The van der Waals surface area contributed by atoms with Crippen molar-refractivity contribution < 1.29 is 0 Å². The average Bonchev–Trinajstić information content (AvgIpc) is 2.48. The lowest BCUT2D eigenvalue weighted by Crippen LogP contribution is -1.94. The normalized spacial score (nSPS) is 10.5. The van der Waals surface area contributed by atoms with Crippen LogP contribution in [0.4, 0.5) is 0 Å². The Balaban J connectivity index is 2.20. The molecular formula is C18H16N2. The molecule has 1 aromatic carbocycles. The maximum atomic E-state index is 4.58. The van der Waals surface area contributed by atoms with Gasteiger partial charge in [0.25, 0.3) is 0 Å². The van der Waals surface area contributed by atoms with Gasteiger partial charge in [-0.25, -0.2) is 0 Å². The van der Waals surface area contributed by atoms with Crippen LogP contribution in [0, 0.1) is 13.8 Å². The Hall–Kier alpha value is -2.48. The first-order valence-electron chi connectivity index (χ1n) is 6.71. The molecular weight excluding hydrogens is 244 g/mol. The first kappa shape index (κ1) is 12.5. The third kappa shape index (κ3) is 2.32. The molecule has 98 valence electrons. The first-order valence-corrected chi connectivity index (χ1v) is 6.71. The minimum atomic E-state index is 0.990. The molecule has 0 saturated carbocycles. The van der Waals surface area contributed by atoms with Crippen molar-refractivity contribution in [2.24, 2.45) is 0 Å². The molecule has 3 rings (SSSR count). The molecule has 0 aliphatic heterocycles. The zero-order valence-electron chi connectivity index (χ0n) is 11.7. The number of hydrogen-bond donors (Lipinski definition) is 0. The summed E-state index contributed by atoms with van der Waals surface area (Å²) in [5, 5.41) is 0. The van der Waals surface area contributed by atoms with Crippen LogP contribution < -0.4 is 0 Å². The molecule has 2 heterocycles. The van der Waals surface area contributed by atoms with E-state index in [1.165, 1.54) is 5.56 Å². The van der Waals surface area contributed by atoms with Crippen LogP contribution in [0.25, 0.3) is 22.4 Å². The standard InChI is InChI=1S/C18H16N2/c1-13-10-11-16(14(2)20-13)18-17(9-6-12-19-18)15-7-4-3-5-8-15/h3-12H,1-2H3. The van der Waals surface area contributed by atoms with E-state index < -0.39 is 0 Å². The minimum absolute atomic E-state index is 0.990. The zero-order chi connectivity index (χ0) is 13.9. The Morgan fingerprint density at radius 3 is 2.30 bits per heavy atom. The number of pyridine rings is 2. The molecule has 0 aliphatic rings. The van der Waals surface area contributed by atoms with Crippen LogP contribution in [-0.2, 0) is 0 Å². The molecule has 3 aromatic rings. The maximum absolute atomic E-state index is 4.58. The summed E-state index contributed by atoms with van der Waals surface area (Å²) in [7, 11) is 0. The van der Waals surface area contributed by atoms with Gasteiger partial charge in [0.15, 0.2) is 0 Å². The maximum Gasteiger partial charge on any atom is 0.0798 e. The Morgan fingerprint density at radius 2 is 1.55 bits per heavy atom. The summed E-state index contributed by atoms with van der Waals surface area (Å²) < 4.78 is 0. The van der Waals surface area contributed by atoms with Gasteiger partial charge in [-0.2, -0.15) is 0 Å². The third-order valence-electron chi connectivity index (χ3n) is 3.37. The van der Waals surface area contributed by atoms with Gasteiger partial charge in [0.1, 0.15) is 0 Å². The van der Waals surface area contributed by atoms with Gasteiger partial charge in [0.05, 0.1) is 5.69 Å². The molecule has 0 atom stereocenters. The monoisotopic (exact) mass is 260 g/mol. The Bertz CT molecular complexity index is 733. The highest BCUT2D eigenvalue weighted by Gasteiger charge is 2.11. The summed E-state index contributed by atoms with van der Waals surface area (Å²) in [6.07, 6.45) is 1.83. The molecule has 0 aliphatic carbocycles. The van der Waals surface area contributed by atoms with Crippen molar-refractivity contribution in [1.29, 1.82) is 0 Å². The number of nitrogens with zero attached hydrogens (tertiary/aromatic N) is 2. The smallest absolute Gasteiger partial charge is 0.0798 e. The molecule has 0 spiro atoms. The molecule has 0 amide bonds. The number of hydrogen-bond acceptors (Lipinski definition) is 2. The molecule has 0 saturated heterocycles. The highest BCUT2D eigenvalue weighted by molar-refractivity contribution is 5.81. The fraction of sp³-hybridized carbons (Fsp3) is 0.111. The highest BCUT2D eigenvalue weighted by Crippen LogP contribution is 2.31. The molecule has 2 nitrogen and oxygen atoms in total. The van der Waals surface area contributed by atoms with Gasteiger partial charge in [0, 0.05) is 28.7 Å². The van der Waals surface area contributed by atoms with Crippen LogP contribution in [-0.4, -0.2) is 9.97 Å². The third-order valence-corrected chi connectivity index (χ3v) is 3.37. The van der Waals surface area contributed by atoms with Crippen LogP contribution in [0.2, 0.25) is 0 Å². The Kier molecular flexibility index (Phi) is 3.30. The van der Waals surface area contributed by atoms with Crippen LogP contribution in [0.1, 0.15) is 11.4 Å². The topological polar surface area (TPSA) is 25.8 Å². The van der Waals surface area contributed by atoms with Crippen molar-refractivity contribution in [3.8, 4) is 22.4 Å². The van der Waals surface area contributed by atoms with Gasteiger partial charge < -0.3 is 0 Å². The van der Waals surface area contributed by atoms with E-state index in [0.29, 0.717) is 0 Å². The largest absolute Gasteiger partial charge is 0.258 e. The van der Waals surface area contributed by atoms with Gasteiger partial charge in [-0.05, 0) is 37.6 Å². The predicted molar refractivity (Wildman–Crippen MR) is 82.4 cm³/mol. The summed E-state index contributed by atoms with van der Waals surface area (Å²) in [6.45, 7) is 4.04. The second-order valence-corrected chi connectivity index (χ2v) is 4.85. The summed E-state index contributed by atoms with van der Waals surface area (Å²) >= 11 is 0. The summed E-state index contributed by atoms with van der Waals surface area (Å²) in [5.41, 5.74) is 6.44. The van der Waals surface area contributed by atoms with Crippen molar-refractivity contribution in [3.63, 3.8) is 0 Å². The fourth-order valence-corrected chi connectivity index (χ4v) is 2.41. The lowest BCUT2D eigenvalue weighted by atomic mass is 9.98. The van der Waals surface area contributed by atoms with E-state index in [-0.39, 0.29) is 0 Å². The van der Waals surface area contributed by atoms with E-state index in [1.807, 2.05) is 50.4 Å². The van der Waals surface area contributed by atoms with Gasteiger partial charge >= 0.3 is 0 Å². The Morgan fingerprint density at radius 1 is 0.750 bits per heavy atom. The van der Waals surface area contributed by atoms with Gasteiger partial charge in [-0.1, -0.05) is 36.4 Å². The summed E-state index contributed by atoms with van der Waals surface area (Å²) in [6, 6.07) is 18.6. The SMILES string of the molecule is Cc1ccc(-c2ncccc2-c2ccccc2)c(C)n1. The van der Waals surface area contributed by atoms with E-state index in [9.17, 15) is 0 Å². The highest BCUT2D eigenvalue weighted by atomic mass is 14.7. The molecule has 0 bridgehead atoms.